The quantitative estimate of drug-likeness (QED) is 0.370. The molecule has 0 unspecified atom stereocenters. The summed E-state index contributed by atoms with van der Waals surface area (Å²) < 4.78 is 21.6. The van der Waals surface area contributed by atoms with Gasteiger partial charge < -0.3 is 25.5 Å². The molecule has 0 fully saturated rings. The maximum atomic E-state index is 14.9. The van der Waals surface area contributed by atoms with E-state index in [0.717, 1.165) is 22.1 Å². The third kappa shape index (κ3) is 2.88. The number of hydrogen-bond acceptors (Lipinski definition) is 7. The van der Waals surface area contributed by atoms with E-state index in [1.54, 1.807) is 24.5 Å². The number of ether oxygens (including phenoxy) is 1. The molecule has 1 aliphatic carbocycles. The molecule has 0 radical (unpaired) electrons. The van der Waals surface area contributed by atoms with Gasteiger partial charge in [-0.25, -0.2) is 14.2 Å². The molecule has 0 saturated carbocycles. The number of benzene rings is 1. The maximum Gasteiger partial charge on any atom is 0.343 e. The van der Waals surface area contributed by atoms with Crippen molar-refractivity contribution in [1.29, 1.82) is 0 Å². The van der Waals surface area contributed by atoms with E-state index in [-0.39, 0.29) is 60.6 Å². The Balaban J connectivity index is 1.66. The van der Waals surface area contributed by atoms with Crippen molar-refractivity contribution in [3.05, 3.63) is 61.7 Å². The predicted molar refractivity (Wildman–Crippen MR) is 127 cm³/mol. The van der Waals surface area contributed by atoms with Crippen LogP contribution in [0, 0.1) is 12.7 Å². The molecule has 6 rings (SSSR count). The number of aryl methyl sites for hydroxylation is 1. The van der Waals surface area contributed by atoms with Gasteiger partial charge in [-0.15, -0.1) is 0 Å². The second kappa shape index (κ2) is 7.68. The van der Waals surface area contributed by atoms with Gasteiger partial charge in [-0.05, 0) is 48.9 Å². The number of aromatic nitrogens is 2. The highest BCUT2D eigenvalue weighted by Gasteiger charge is 2.46. The first-order valence-corrected chi connectivity index (χ1v) is 12.0. The van der Waals surface area contributed by atoms with E-state index >= 15 is 0 Å². The van der Waals surface area contributed by atoms with Crippen molar-refractivity contribution in [2.75, 3.05) is 6.54 Å². The monoisotopic (exact) mass is 492 g/mol. The van der Waals surface area contributed by atoms with E-state index in [4.69, 9.17) is 15.5 Å². The SMILES string of the molecule is CC[C@]1(O)C(=O)OCc2c1cc1n(c2=O)Cc2c-1nc1cc(F)c(C)c3c1c2[C@@H](NC(=O)CN)CC3. The molecule has 2 atom stereocenters. The highest BCUT2D eigenvalue weighted by atomic mass is 19.1. The average molecular weight is 493 g/mol. The Morgan fingerprint density at radius 3 is 2.83 bits per heavy atom. The summed E-state index contributed by atoms with van der Waals surface area (Å²) >= 11 is 0. The van der Waals surface area contributed by atoms with E-state index < -0.39 is 11.6 Å². The van der Waals surface area contributed by atoms with Gasteiger partial charge in [0.2, 0.25) is 5.91 Å². The smallest absolute Gasteiger partial charge is 0.343 e. The van der Waals surface area contributed by atoms with Crippen LogP contribution in [0.4, 0.5) is 4.39 Å². The fourth-order valence-corrected chi connectivity index (χ4v) is 5.95. The van der Waals surface area contributed by atoms with E-state index in [0.29, 0.717) is 35.3 Å². The topological polar surface area (TPSA) is 137 Å². The van der Waals surface area contributed by atoms with Crippen molar-refractivity contribution >= 4 is 22.8 Å². The molecule has 4 heterocycles. The Labute approximate surface area is 205 Å². The third-order valence-corrected chi connectivity index (χ3v) is 7.90. The molecule has 186 valence electrons. The number of amides is 1. The van der Waals surface area contributed by atoms with Crippen LogP contribution in [0.25, 0.3) is 22.3 Å². The molecule has 0 saturated heterocycles. The number of nitrogens with zero attached hydrogens (tertiary/aromatic N) is 2. The molecule has 2 aliphatic heterocycles. The van der Waals surface area contributed by atoms with Crippen molar-refractivity contribution in [3.63, 3.8) is 0 Å². The molecule has 1 amide bonds. The van der Waals surface area contributed by atoms with Crippen LogP contribution in [0.1, 0.15) is 59.2 Å². The first kappa shape index (κ1) is 22.8. The van der Waals surface area contributed by atoms with Crippen LogP contribution in [0.5, 0.6) is 0 Å². The molecule has 9 nitrogen and oxygen atoms in total. The maximum absolute atomic E-state index is 14.9. The summed E-state index contributed by atoms with van der Waals surface area (Å²) in [6.45, 7) is 3.17. The Morgan fingerprint density at radius 2 is 2.11 bits per heavy atom. The lowest BCUT2D eigenvalue weighted by molar-refractivity contribution is -0.172. The zero-order valence-corrected chi connectivity index (χ0v) is 19.9. The molecule has 1 aromatic carbocycles. The average Bonchev–Trinajstić information content (AvgIpc) is 3.24. The number of aliphatic hydroxyl groups is 1. The normalized spacial score (nSPS) is 21.6. The number of nitrogens with two attached hydrogens (primary N) is 1. The van der Waals surface area contributed by atoms with Crippen LogP contribution in [0.2, 0.25) is 0 Å². The van der Waals surface area contributed by atoms with Crippen LogP contribution in [0.3, 0.4) is 0 Å². The van der Waals surface area contributed by atoms with Crippen LogP contribution in [0.15, 0.2) is 16.9 Å². The fraction of sp³-hybridized carbons (Fsp3) is 0.385. The summed E-state index contributed by atoms with van der Waals surface area (Å²) in [4.78, 5) is 43.1. The second-order valence-corrected chi connectivity index (χ2v) is 9.67. The molecule has 3 aliphatic rings. The van der Waals surface area contributed by atoms with E-state index in [2.05, 4.69) is 5.32 Å². The highest BCUT2D eigenvalue weighted by molar-refractivity contribution is 5.94. The van der Waals surface area contributed by atoms with Crippen LogP contribution >= 0.6 is 0 Å². The third-order valence-electron chi connectivity index (χ3n) is 7.90. The molecule has 4 N–H and O–H groups in total. The van der Waals surface area contributed by atoms with Gasteiger partial charge in [0, 0.05) is 22.6 Å². The first-order chi connectivity index (χ1) is 17.2. The number of carbonyl (C=O) groups is 2. The first-order valence-electron chi connectivity index (χ1n) is 12.0. The minimum absolute atomic E-state index is 0.0338. The van der Waals surface area contributed by atoms with Crippen LogP contribution < -0.4 is 16.6 Å². The summed E-state index contributed by atoms with van der Waals surface area (Å²) in [7, 11) is 0. The number of rotatable bonds is 3. The van der Waals surface area contributed by atoms with Crippen molar-refractivity contribution in [2.45, 2.75) is 57.9 Å². The Kier molecular flexibility index (Phi) is 4.87. The zero-order valence-electron chi connectivity index (χ0n) is 19.9. The number of pyridine rings is 2. The lowest BCUT2D eigenvalue weighted by Gasteiger charge is -2.31. The van der Waals surface area contributed by atoms with Gasteiger partial charge in [0.1, 0.15) is 12.4 Å². The number of esters is 1. The summed E-state index contributed by atoms with van der Waals surface area (Å²) in [5.41, 5.74) is 7.96. The zero-order chi connectivity index (χ0) is 25.5. The number of cyclic esters (lactones) is 1. The molecule has 10 heteroatoms. The van der Waals surface area contributed by atoms with Gasteiger partial charge in [0.15, 0.2) is 5.60 Å². The molecule has 36 heavy (non-hydrogen) atoms. The van der Waals surface area contributed by atoms with Crippen molar-refractivity contribution < 1.29 is 23.8 Å². The molecular weight excluding hydrogens is 467 g/mol. The number of hydrogen-bond donors (Lipinski definition) is 3. The van der Waals surface area contributed by atoms with Gasteiger partial charge in [-0.2, -0.15) is 0 Å². The number of nitrogens with one attached hydrogen (secondary N) is 1. The predicted octanol–water partition coefficient (Wildman–Crippen LogP) is 1.59. The van der Waals surface area contributed by atoms with Crippen molar-refractivity contribution in [3.8, 4) is 11.4 Å². The van der Waals surface area contributed by atoms with Gasteiger partial charge in [-0.3, -0.25) is 9.59 Å². The minimum atomic E-state index is -1.94. The van der Waals surface area contributed by atoms with Crippen LogP contribution in [-0.4, -0.2) is 33.1 Å². The second-order valence-electron chi connectivity index (χ2n) is 9.67. The number of fused-ring (bicyclic) bond motifs is 5. The lowest BCUT2D eigenvalue weighted by atomic mass is 9.81. The van der Waals surface area contributed by atoms with E-state index in [9.17, 15) is 23.9 Å². The Hall–Kier alpha value is -3.63. The summed E-state index contributed by atoms with van der Waals surface area (Å²) in [6, 6.07) is 2.62. The van der Waals surface area contributed by atoms with E-state index in [1.807, 2.05) is 0 Å². The Morgan fingerprint density at radius 1 is 1.33 bits per heavy atom. The largest absolute Gasteiger partial charge is 0.458 e. The van der Waals surface area contributed by atoms with Gasteiger partial charge in [0.05, 0.1) is 41.6 Å². The highest BCUT2D eigenvalue weighted by Crippen LogP contribution is 2.45. The Bertz CT molecular complexity index is 1580. The van der Waals surface area contributed by atoms with Gasteiger partial charge >= 0.3 is 5.97 Å². The number of carbonyl (C=O) groups excluding carboxylic acids is 2. The van der Waals surface area contributed by atoms with Gasteiger partial charge in [-0.1, -0.05) is 6.92 Å². The van der Waals surface area contributed by atoms with E-state index in [1.165, 1.54) is 6.07 Å². The molecule has 3 aromatic rings. The van der Waals surface area contributed by atoms with Crippen molar-refractivity contribution in [2.24, 2.45) is 5.73 Å². The lowest BCUT2D eigenvalue weighted by Crippen LogP contribution is -2.44. The summed E-state index contributed by atoms with van der Waals surface area (Å²) in [5.74, 6) is -1.48. The number of halogens is 1. The summed E-state index contributed by atoms with van der Waals surface area (Å²) in [5, 5.41) is 14.9. The molecular formula is C26H25FN4O5. The standard InChI is InChI=1S/C26H25FN4O5/c1-3-26(35)15-6-19-23-13(9-31(19)24(33)14(15)10-36-25(26)34)22-17(29-20(32)8-28)5-4-12-11(2)16(27)7-18(30-23)21(12)22/h6-7,17,35H,3-5,8-10,28H2,1-2H3,(H,29,32)/t17-,26+/m0/s1. The molecule has 0 bridgehead atoms. The fourth-order valence-electron chi connectivity index (χ4n) is 5.95. The summed E-state index contributed by atoms with van der Waals surface area (Å²) in [6.07, 6.45) is 1.15. The van der Waals surface area contributed by atoms with Crippen molar-refractivity contribution in [1.82, 2.24) is 14.9 Å². The van der Waals surface area contributed by atoms with Crippen LogP contribution in [-0.2, 0) is 39.5 Å². The molecule has 0 spiro atoms. The minimum Gasteiger partial charge on any atom is -0.458 e. The molecule has 2 aromatic heterocycles. The van der Waals surface area contributed by atoms with Gasteiger partial charge in [0.25, 0.3) is 5.56 Å².